The molecule has 2 N–H and O–H groups in total. The van der Waals surface area contributed by atoms with Gasteiger partial charge in [0.1, 0.15) is 0 Å². The largest absolute Gasteiger partial charge is 0.379 e. The molecule has 7 heteroatoms. The maximum atomic E-state index is 5.41. The minimum absolute atomic E-state index is 0.670. The van der Waals surface area contributed by atoms with Crippen molar-refractivity contribution in [1.29, 1.82) is 0 Å². The smallest absolute Gasteiger partial charge is 0.191 e. The third kappa shape index (κ3) is 6.89. The van der Waals surface area contributed by atoms with Gasteiger partial charge in [0.25, 0.3) is 0 Å². The van der Waals surface area contributed by atoms with Crippen LogP contribution in [0.1, 0.15) is 27.9 Å². The van der Waals surface area contributed by atoms with Gasteiger partial charge in [0.05, 0.1) is 24.8 Å². The molecule has 0 saturated carbocycles. The minimum Gasteiger partial charge on any atom is -0.379 e. The van der Waals surface area contributed by atoms with Gasteiger partial charge in [-0.1, -0.05) is 24.3 Å². The molecule has 0 atom stereocenters. The average molecular weight is 402 g/mol. The highest BCUT2D eigenvalue weighted by Crippen LogP contribution is 2.11. The third-order valence-electron chi connectivity index (χ3n) is 4.60. The molecule has 1 aliphatic heterocycles. The van der Waals surface area contributed by atoms with Crippen molar-refractivity contribution < 1.29 is 4.74 Å². The molecule has 0 aliphatic carbocycles. The number of nitrogens with zero attached hydrogens (tertiary/aromatic N) is 3. The standard InChI is InChI=1S/C21H31N5OS/c1-3-22-21(23-9-8-20-24-14-17(2)28-20)25-15-18-4-6-19(7-5-18)16-26-10-12-27-13-11-26/h4-7,14H,3,8-13,15-16H2,1-2H3,(H2,22,23,25). The van der Waals surface area contributed by atoms with E-state index in [0.29, 0.717) is 6.54 Å². The van der Waals surface area contributed by atoms with Gasteiger partial charge in [0.2, 0.25) is 0 Å². The summed E-state index contributed by atoms with van der Waals surface area (Å²) >= 11 is 1.75. The number of guanidine groups is 1. The number of aromatic nitrogens is 1. The second kappa shape index (κ2) is 11.1. The molecule has 2 aromatic rings. The monoisotopic (exact) mass is 401 g/mol. The summed E-state index contributed by atoms with van der Waals surface area (Å²) in [6.07, 6.45) is 2.85. The second-order valence-corrected chi connectivity index (χ2v) is 8.26. The lowest BCUT2D eigenvalue weighted by Gasteiger charge is -2.26. The van der Waals surface area contributed by atoms with E-state index in [2.05, 4.69) is 58.6 Å². The molecule has 0 amide bonds. The van der Waals surface area contributed by atoms with Crippen LogP contribution in [0.15, 0.2) is 35.5 Å². The van der Waals surface area contributed by atoms with Crippen LogP contribution in [-0.2, 0) is 24.2 Å². The van der Waals surface area contributed by atoms with Crippen LogP contribution in [0.25, 0.3) is 0 Å². The van der Waals surface area contributed by atoms with Crippen molar-refractivity contribution in [2.24, 2.45) is 4.99 Å². The fourth-order valence-electron chi connectivity index (χ4n) is 3.08. The van der Waals surface area contributed by atoms with Gasteiger partial charge in [0.15, 0.2) is 5.96 Å². The Morgan fingerprint density at radius 2 is 1.93 bits per heavy atom. The van der Waals surface area contributed by atoms with Crippen LogP contribution >= 0.6 is 11.3 Å². The summed E-state index contributed by atoms with van der Waals surface area (Å²) in [5, 5.41) is 7.88. The lowest BCUT2D eigenvalue weighted by Crippen LogP contribution is -2.38. The SMILES string of the molecule is CCNC(=NCc1ccc(CN2CCOCC2)cc1)NCCc1ncc(C)s1. The number of rotatable bonds is 8. The average Bonchev–Trinajstić information content (AvgIpc) is 3.13. The fourth-order valence-corrected chi connectivity index (χ4v) is 3.87. The van der Waals surface area contributed by atoms with E-state index in [1.807, 2.05) is 6.20 Å². The number of aliphatic imine (C=N–C) groups is 1. The van der Waals surface area contributed by atoms with Gasteiger partial charge in [-0.2, -0.15) is 0 Å². The highest BCUT2D eigenvalue weighted by molar-refractivity contribution is 7.11. The van der Waals surface area contributed by atoms with Crippen LogP contribution in [0.3, 0.4) is 0 Å². The van der Waals surface area contributed by atoms with Gasteiger partial charge in [-0.25, -0.2) is 9.98 Å². The number of aryl methyl sites for hydroxylation is 1. The predicted molar refractivity (Wildman–Crippen MR) is 116 cm³/mol. The van der Waals surface area contributed by atoms with Gasteiger partial charge in [-0.15, -0.1) is 11.3 Å². The van der Waals surface area contributed by atoms with Gasteiger partial charge < -0.3 is 15.4 Å². The number of thiazole rings is 1. The highest BCUT2D eigenvalue weighted by Gasteiger charge is 2.10. The van der Waals surface area contributed by atoms with Crippen molar-refractivity contribution >= 4 is 17.3 Å². The normalized spacial score (nSPS) is 15.6. The Hall–Kier alpha value is -1.96. The molecule has 28 heavy (non-hydrogen) atoms. The summed E-state index contributed by atoms with van der Waals surface area (Å²) in [7, 11) is 0. The highest BCUT2D eigenvalue weighted by atomic mass is 32.1. The van der Waals surface area contributed by atoms with E-state index in [0.717, 1.165) is 63.3 Å². The summed E-state index contributed by atoms with van der Waals surface area (Å²) in [5.41, 5.74) is 2.57. The quantitative estimate of drug-likeness (QED) is 0.526. The molecule has 6 nitrogen and oxygen atoms in total. The van der Waals surface area contributed by atoms with E-state index in [1.54, 1.807) is 11.3 Å². The van der Waals surface area contributed by atoms with Crippen molar-refractivity contribution in [1.82, 2.24) is 20.5 Å². The Labute approximate surface area is 172 Å². The number of hydrogen-bond donors (Lipinski definition) is 2. The molecular weight excluding hydrogens is 370 g/mol. The zero-order chi connectivity index (χ0) is 19.6. The number of nitrogens with one attached hydrogen (secondary N) is 2. The lowest BCUT2D eigenvalue weighted by molar-refractivity contribution is 0.0342. The first-order valence-corrected chi connectivity index (χ1v) is 10.9. The molecule has 152 valence electrons. The predicted octanol–water partition coefficient (Wildman–Crippen LogP) is 2.58. The summed E-state index contributed by atoms with van der Waals surface area (Å²) in [6, 6.07) is 8.79. The van der Waals surface area contributed by atoms with Crippen LogP contribution in [0.4, 0.5) is 0 Å². The maximum absolute atomic E-state index is 5.41. The number of ether oxygens (including phenoxy) is 1. The Kier molecular flexibility index (Phi) is 8.26. The van der Waals surface area contributed by atoms with Crippen LogP contribution in [0.2, 0.25) is 0 Å². The Morgan fingerprint density at radius 1 is 1.18 bits per heavy atom. The maximum Gasteiger partial charge on any atom is 0.191 e. The molecule has 1 saturated heterocycles. The van der Waals surface area contributed by atoms with Gasteiger partial charge >= 0.3 is 0 Å². The summed E-state index contributed by atoms with van der Waals surface area (Å²) in [5.74, 6) is 0.855. The van der Waals surface area contributed by atoms with E-state index in [1.165, 1.54) is 16.0 Å². The summed E-state index contributed by atoms with van der Waals surface area (Å²) < 4.78 is 5.41. The lowest BCUT2D eigenvalue weighted by atomic mass is 10.1. The molecule has 1 aromatic heterocycles. The molecule has 0 spiro atoms. The van der Waals surface area contributed by atoms with E-state index in [-0.39, 0.29) is 0 Å². The van der Waals surface area contributed by atoms with E-state index in [9.17, 15) is 0 Å². The van der Waals surface area contributed by atoms with E-state index < -0.39 is 0 Å². The number of hydrogen-bond acceptors (Lipinski definition) is 5. The molecule has 1 fully saturated rings. The van der Waals surface area contributed by atoms with Crippen LogP contribution in [-0.4, -0.2) is 55.2 Å². The third-order valence-corrected chi connectivity index (χ3v) is 5.57. The zero-order valence-corrected chi connectivity index (χ0v) is 17.7. The molecular formula is C21H31N5OS. The fraction of sp³-hybridized carbons (Fsp3) is 0.524. The first-order chi connectivity index (χ1) is 13.7. The first-order valence-electron chi connectivity index (χ1n) is 10.0. The topological polar surface area (TPSA) is 61.8 Å². The first kappa shape index (κ1) is 20.8. The zero-order valence-electron chi connectivity index (χ0n) is 16.9. The van der Waals surface area contributed by atoms with E-state index in [4.69, 9.17) is 9.73 Å². The molecule has 1 aliphatic rings. The molecule has 0 bridgehead atoms. The van der Waals surface area contributed by atoms with Crippen LogP contribution in [0.5, 0.6) is 0 Å². The van der Waals surface area contributed by atoms with Crippen molar-refractivity contribution in [3.8, 4) is 0 Å². The van der Waals surface area contributed by atoms with Crippen LogP contribution in [0, 0.1) is 6.92 Å². The Bertz CT molecular complexity index is 738. The molecule has 0 radical (unpaired) electrons. The van der Waals surface area contributed by atoms with E-state index >= 15 is 0 Å². The number of benzene rings is 1. The summed E-state index contributed by atoms with van der Waals surface area (Å²) in [4.78, 5) is 12.8. The molecule has 2 heterocycles. The van der Waals surface area contributed by atoms with Crippen molar-refractivity contribution in [2.75, 3.05) is 39.4 Å². The minimum atomic E-state index is 0.670. The van der Waals surface area contributed by atoms with Gasteiger partial charge in [-0.05, 0) is 25.0 Å². The number of morpholine rings is 1. The molecule has 3 rings (SSSR count). The van der Waals surface area contributed by atoms with Crippen LogP contribution < -0.4 is 10.6 Å². The molecule has 1 aromatic carbocycles. The van der Waals surface area contributed by atoms with Crippen molar-refractivity contribution in [3.05, 3.63) is 51.5 Å². The van der Waals surface area contributed by atoms with Crippen molar-refractivity contribution in [3.63, 3.8) is 0 Å². The summed E-state index contributed by atoms with van der Waals surface area (Å²) in [6.45, 7) is 11.2. The Balaban J connectivity index is 1.47. The second-order valence-electron chi connectivity index (χ2n) is 6.94. The molecule has 0 unspecified atom stereocenters. The van der Waals surface area contributed by atoms with Crippen molar-refractivity contribution in [2.45, 2.75) is 33.4 Å². The van der Waals surface area contributed by atoms with Gasteiger partial charge in [-0.3, -0.25) is 4.90 Å². The van der Waals surface area contributed by atoms with Gasteiger partial charge in [0, 0.05) is 50.2 Å². The Morgan fingerprint density at radius 3 is 2.61 bits per heavy atom.